The first kappa shape index (κ1) is 18.9. The number of amides is 1. The van der Waals surface area contributed by atoms with Gasteiger partial charge in [0.05, 0.1) is 17.1 Å². The van der Waals surface area contributed by atoms with Gasteiger partial charge in [0.15, 0.2) is 10.8 Å². The molecule has 6 nitrogen and oxygen atoms in total. The van der Waals surface area contributed by atoms with Crippen LogP contribution >= 0.6 is 11.3 Å². The summed E-state index contributed by atoms with van der Waals surface area (Å²) in [5, 5.41) is 8.86. The standard InChI is InChI=1S/C23H23N5OS/c1-14(2)28-21-19(13-25-28)18(11-20(26-21)16-8-9-16)22(29)27-23-24-12-17(30-23)10-15-6-4-3-5-7-15/h3-7,11-14,16H,8-10H2,1-2H3,(H,24,27,29). The molecule has 1 saturated carbocycles. The van der Waals surface area contributed by atoms with Crippen LogP contribution < -0.4 is 5.32 Å². The Morgan fingerprint density at radius 1 is 1.23 bits per heavy atom. The van der Waals surface area contributed by atoms with Crippen molar-refractivity contribution in [3.8, 4) is 0 Å². The van der Waals surface area contributed by atoms with Gasteiger partial charge in [-0.1, -0.05) is 30.3 Å². The highest BCUT2D eigenvalue weighted by Crippen LogP contribution is 2.40. The van der Waals surface area contributed by atoms with Crippen LogP contribution in [0, 0.1) is 0 Å². The minimum Gasteiger partial charge on any atom is -0.298 e. The first-order valence-electron chi connectivity index (χ1n) is 10.3. The molecule has 7 heteroatoms. The van der Waals surface area contributed by atoms with E-state index in [0.29, 0.717) is 16.6 Å². The summed E-state index contributed by atoms with van der Waals surface area (Å²) in [6, 6.07) is 12.4. The highest BCUT2D eigenvalue weighted by atomic mass is 32.1. The number of carbonyl (C=O) groups excluding carboxylic acids is 1. The Hall–Kier alpha value is -3.06. The monoisotopic (exact) mass is 417 g/mol. The summed E-state index contributed by atoms with van der Waals surface area (Å²) >= 11 is 1.51. The van der Waals surface area contributed by atoms with Crippen molar-refractivity contribution in [1.82, 2.24) is 19.7 Å². The maximum atomic E-state index is 13.2. The predicted molar refractivity (Wildman–Crippen MR) is 119 cm³/mol. The van der Waals surface area contributed by atoms with Gasteiger partial charge in [0, 0.05) is 35.1 Å². The fourth-order valence-electron chi connectivity index (χ4n) is 3.60. The number of hydrogen-bond donors (Lipinski definition) is 1. The largest absolute Gasteiger partial charge is 0.298 e. The van der Waals surface area contributed by atoms with Crippen molar-refractivity contribution in [1.29, 1.82) is 0 Å². The van der Waals surface area contributed by atoms with Crippen molar-refractivity contribution in [3.05, 3.63) is 70.5 Å². The fraction of sp³-hybridized carbons (Fsp3) is 0.304. The third kappa shape index (κ3) is 3.73. The smallest absolute Gasteiger partial charge is 0.258 e. The molecule has 1 N–H and O–H groups in total. The quantitative estimate of drug-likeness (QED) is 0.469. The number of aromatic nitrogens is 4. The molecule has 0 aliphatic heterocycles. The highest BCUT2D eigenvalue weighted by Gasteiger charge is 2.28. The molecule has 0 saturated heterocycles. The molecule has 1 aromatic carbocycles. The Balaban J connectivity index is 1.42. The summed E-state index contributed by atoms with van der Waals surface area (Å²) in [4.78, 5) is 23.5. The SMILES string of the molecule is CC(C)n1ncc2c(C(=O)Nc3ncc(Cc4ccccc4)s3)cc(C3CC3)nc21. The molecule has 30 heavy (non-hydrogen) atoms. The molecule has 152 valence electrons. The summed E-state index contributed by atoms with van der Waals surface area (Å²) < 4.78 is 1.89. The number of nitrogens with zero attached hydrogens (tertiary/aromatic N) is 4. The lowest BCUT2D eigenvalue weighted by atomic mass is 10.1. The van der Waals surface area contributed by atoms with E-state index in [9.17, 15) is 4.79 Å². The molecule has 1 amide bonds. The van der Waals surface area contributed by atoms with Gasteiger partial charge >= 0.3 is 0 Å². The molecule has 4 aromatic rings. The molecule has 0 bridgehead atoms. The summed E-state index contributed by atoms with van der Waals surface area (Å²) in [6.07, 6.45) is 6.65. The third-order valence-electron chi connectivity index (χ3n) is 5.31. The molecule has 1 aliphatic rings. The first-order valence-corrected chi connectivity index (χ1v) is 11.1. The van der Waals surface area contributed by atoms with Gasteiger partial charge < -0.3 is 0 Å². The average Bonchev–Trinajstić information content (AvgIpc) is 3.36. The Kier molecular flexibility index (Phi) is 4.83. The number of benzene rings is 1. The van der Waals surface area contributed by atoms with E-state index >= 15 is 0 Å². The number of fused-ring (bicyclic) bond motifs is 1. The highest BCUT2D eigenvalue weighted by molar-refractivity contribution is 7.15. The van der Waals surface area contributed by atoms with Crippen molar-refractivity contribution in [3.63, 3.8) is 0 Å². The van der Waals surface area contributed by atoms with Crippen LogP contribution in [-0.2, 0) is 6.42 Å². The maximum Gasteiger partial charge on any atom is 0.258 e. The first-order chi connectivity index (χ1) is 14.6. The maximum absolute atomic E-state index is 13.2. The van der Waals surface area contributed by atoms with Gasteiger partial charge in [-0.2, -0.15) is 5.10 Å². The molecule has 1 fully saturated rings. The van der Waals surface area contributed by atoms with Crippen molar-refractivity contribution in [2.75, 3.05) is 5.32 Å². The van der Waals surface area contributed by atoms with Gasteiger partial charge in [-0.05, 0) is 38.3 Å². The van der Waals surface area contributed by atoms with Crippen molar-refractivity contribution < 1.29 is 4.79 Å². The van der Waals surface area contributed by atoms with Gasteiger partial charge in [-0.25, -0.2) is 14.6 Å². The zero-order chi connectivity index (χ0) is 20.7. The fourth-order valence-corrected chi connectivity index (χ4v) is 4.44. The molecule has 0 atom stereocenters. The van der Waals surface area contributed by atoms with Gasteiger partial charge in [0.25, 0.3) is 5.91 Å². The molecule has 3 heterocycles. The van der Waals surface area contributed by atoms with Crippen molar-refractivity contribution in [2.24, 2.45) is 0 Å². The van der Waals surface area contributed by atoms with Crippen LogP contribution in [-0.4, -0.2) is 25.7 Å². The van der Waals surface area contributed by atoms with Crippen LogP contribution in [0.25, 0.3) is 11.0 Å². The second-order valence-corrected chi connectivity index (χ2v) is 9.15. The van der Waals surface area contributed by atoms with Crippen LogP contribution in [0.5, 0.6) is 0 Å². The van der Waals surface area contributed by atoms with Crippen LogP contribution in [0.1, 0.15) is 65.1 Å². The minimum absolute atomic E-state index is 0.159. The summed E-state index contributed by atoms with van der Waals surface area (Å²) in [6.45, 7) is 4.14. The Morgan fingerprint density at radius 3 is 2.77 bits per heavy atom. The van der Waals surface area contributed by atoms with Crippen LogP contribution in [0.15, 0.2) is 48.8 Å². The second kappa shape index (κ2) is 7.65. The van der Waals surface area contributed by atoms with Gasteiger partial charge in [0.1, 0.15) is 0 Å². The molecular weight excluding hydrogens is 394 g/mol. The summed E-state index contributed by atoms with van der Waals surface area (Å²) in [5.74, 6) is 0.294. The molecule has 0 spiro atoms. The van der Waals surface area contributed by atoms with E-state index in [-0.39, 0.29) is 11.9 Å². The predicted octanol–water partition coefficient (Wildman–Crippen LogP) is 5.19. The molecule has 5 rings (SSSR count). The Morgan fingerprint density at radius 2 is 2.03 bits per heavy atom. The lowest BCUT2D eigenvalue weighted by Gasteiger charge is -2.10. The van der Waals surface area contributed by atoms with E-state index < -0.39 is 0 Å². The number of carbonyl (C=O) groups is 1. The van der Waals surface area contributed by atoms with E-state index in [4.69, 9.17) is 4.98 Å². The normalized spacial score (nSPS) is 13.8. The Labute approximate surface area is 179 Å². The molecule has 0 radical (unpaired) electrons. The molecule has 0 unspecified atom stereocenters. The topological polar surface area (TPSA) is 72.7 Å². The van der Waals surface area contributed by atoms with E-state index in [0.717, 1.165) is 40.9 Å². The van der Waals surface area contributed by atoms with E-state index in [1.807, 2.05) is 35.1 Å². The number of rotatable bonds is 6. The lowest BCUT2D eigenvalue weighted by molar-refractivity contribution is 0.102. The zero-order valence-electron chi connectivity index (χ0n) is 17.0. The lowest BCUT2D eigenvalue weighted by Crippen LogP contribution is -2.13. The molecule has 1 aliphatic carbocycles. The Bertz CT molecular complexity index is 1210. The number of pyridine rings is 1. The van der Waals surface area contributed by atoms with Gasteiger partial charge in [0.2, 0.25) is 0 Å². The number of nitrogens with one attached hydrogen (secondary N) is 1. The number of anilines is 1. The van der Waals surface area contributed by atoms with Gasteiger partial charge in [-0.3, -0.25) is 10.1 Å². The minimum atomic E-state index is -0.159. The van der Waals surface area contributed by atoms with Crippen LogP contribution in [0.2, 0.25) is 0 Å². The third-order valence-corrected chi connectivity index (χ3v) is 6.22. The summed E-state index contributed by atoms with van der Waals surface area (Å²) in [5.41, 5.74) is 3.61. The van der Waals surface area contributed by atoms with Gasteiger partial charge in [-0.15, -0.1) is 11.3 Å². The van der Waals surface area contributed by atoms with Crippen molar-refractivity contribution >= 4 is 33.4 Å². The average molecular weight is 418 g/mol. The number of hydrogen-bond acceptors (Lipinski definition) is 5. The molecular formula is C23H23N5OS. The second-order valence-electron chi connectivity index (χ2n) is 8.04. The van der Waals surface area contributed by atoms with E-state index in [2.05, 4.69) is 41.4 Å². The summed E-state index contributed by atoms with van der Waals surface area (Å²) in [7, 11) is 0. The zero-order valence-corrected chi connectivity index (χ0v) is 17.8. The van der Waals surface area contributed by atoms with Crippen LogP contribution in [0.3, 0.4) is 0 Å². The number of thiazole rings is 1. The van der Waals surface area contributed by atoms with E-state index in [1.165, 1.54) is 16.9 Å². The van der Waals surface area contributed by atoms with Crippen LogP contribution in [0.4, 0.5) is 5.13 Å². The van der Waals surface area contributed by atoms with E-state index in [1.54, 1.807) is 6.20 Å². The molecule has 3 aromatic heterocycles. The van der Waals surface area contributed by atoms with Crippen molar-refractivity contribution in [2.45, 2.75) is 45.1 Å².